The molecule has 0 bridgehead atoms. The van der Waals surface area contributed by atoms with Gasteiger partial charge in [-0.15, -0.1) is 11.3 Å². The highest BCUT2D eigenvalue weighted by Crippen LogP contribution is 2.31. The smallest absolute Gasteiger partial charge is 0.269 e. The topological polar surface area (TPSA) is 75.8 Å². The van der Waals surface area contributed by atoms with Crippen molar-refractivity contribution in [3.8, 4) is 28.4 Å². The molecule has 0 unspecified atom stereocenters. The van der Waals surface area contributed by atoms with Gasteiger partial charge in [-0.25, -0.2) is 0 Å². The molecule has 21 heavy (non-hydrogen) atoms. The number of nitrogens with zero attached hydrogens (tertiary/aromatic N) is 3. The maximum atomic E-state index is 9.04. The van der Waals surface area contributed by atoms with Gasteiger partial charge in [0, 0.05) is 5.39 Å². The minimum absolute atomic E-state index is 0.331. The Hall–Kier alpha value is -2.91. The van der Waals surface area contributed by atoms with Crippen LogP contribution in [0.5, 0.6) is 0 Å². The number of aromatic nitrogens is 2. The van der Waals surface area contributed by atoms with Crippen LogP contribution in [0, 0.1) is 11.3 Å². The van der Waals surface area contributed by atoms with Gasteiger partial charge >= 0.3 is 0 Å². The molecule has 0 spiro atoms. The lowest BCUT2D eigenvalue weighted by molar-refractivity contribution is 0.431. The first-order valence-corrected chi connectivity index (χ1v) is 7.04. The summed E-state index contributed by atoms with van der Waals surface area (Å²) in [6.45, 7) is 0. The minimum atomic E-state index is 0.331. The van der Waals surface area contributed by atoms with E-state index in [2.05, 4.69) is 16.2 Å². The van der Waals surface area contributed by atoms with Gasteiger partial charge in [0.2, 0.25) is 5.82 Å². The van der Waals surface area contributed by atoms with E-state index >= 15 is 0 Å². The predicted octanol–water partition coefficient (Wildman–Crippen LogP) is 4.08. The second kappa shape index (κ2) is 4.58. The van der Waals surface area contributed by atoms with E-state index in [1.165, 1.54) is 11.3 Å². The van der Waals surface area contributed by atoms with Gasteiger partial charge in [0.05, 0.1) is 5.56 Å². The third-order valence-corrected chi connectivity index (χ3v) is 3.95. The summed E-state index contributed by atoms with van der Waals surface area (Å²) in [5.41, 5.74) is 1.30. The lowest BCUT2D eigenvalue weighted by atomic mass is 10.2. The zero-order chi connectivity index (χ0) is 14.2. The molecule has 1 aromatic carbocycles. The lowest BCUT2D eigenvalue weighted by Crippen LogP contribution is -1.78. The molecule has 0 amide bonds. The van der Waals surface area contributed by atoms with Crippen LogP contribution >= 0.6 is 11.3 Å². The van der Waals surface area contributed by atoms with Crippen LogP contribution in [0.3, 0.4) is 0 Å². The highest BCUT2D eigenvalue weighted by molar-refractivity contribution is 7.13. The van der Waals surface area contributed by atoms with Gasteiger partial charge < -0.3 is 8.94 Å². The summed E-state index contributed by atoms with van der Waals surface area (Å²) in [6, 6.07) is 13.4. The number of hydrogen-bond acceptors (Lipinski definition) is 6. The van der Waals surface area contributed by atoms with Gasteiger partial charge in [0.25, 0.3) is 5.89 Å². The second-order valence-corrected chi connectivity index (χ2v) is 5.26. The van der Waals surface area contributed by atoms with Crippen LogP contribution in [0.2, 0.25) is 0 Å². The van der Waals surface area contributed by atoms with Crippen molar-refractivity contribution in [3.63, 3.8) is 0 Å². The summed E-state index contributed by atoms with van der Waals surface area (Å²) in [6.07, 6.45) is 0. The largest absolute Gasteiger partial charge is 0.453 e. The Balaban J connectivity index is 1.79. The summed E-state index contributed by atoms with van der Waals surface area (Å²) in [5.74, 6) is 1.25. The van der Waals surface area contributed by atoms with Crippen LogP contribution in [0.1, 0.15) is 5.56 Å². The van der Waals surface area contributed by atoms with E-state index in [1.807, 2.05) is 35.7 Å². The van der Waals surface area contributed by atoms with Crippen molar-refractivity contribution < 1.29 is 8.94 Å². The number of hydrogen-bond donors (Lipinski definition) is 0. The fraction of sp³-hybridized carbons (Fsp3) is 0. The lowest BCUT2D eigenvalue weighted by Gasteiger charge is -1.87. The van der Waals surface area contributed by atoms with Gasteiger partial charge in [-0.2, -0.15) is 10.2 Å². The molecule has 0 saturated heterocycles. The fourth-order valence-electron chi connectivity index (χ4n) is 2.07. The molecule has 3 aromatic heterocycles. The van der Waals surface area contributed by atoms with Crippen LogP contribution in [-0.2, 0) is 0 Å². The monoisotopic (exact) mass is 293 g/mol. The summed E-state index contributed by atoms with van der Waals surface area (Å²) in [5, 5.41) is 15.8. The molecule has 3 heterocycles. The Labute approximate surface area is 123 Å². The summed E-state index contributed by atoms with van der Waals surface area (Å²) in [4.78, 5) is 4.99. The predicted molar refractivity (Wildman–Crippen MR) is 77.5 cm³/mol. The number of rotatable bonds is 2. The molecule has 6 heteroatoms. The van der Waals surface area contributed by atoms with E-state index < -0.39 is 0 Å². The zero-order valence-electron chi connectivity index (χ0n) is 10.6. The van der Waals surface area contributed by atoms with Crippen molar-refractivity contribution in [1.82, 2.24) is 10.1 Å². The van der Waals surface area contributed by atoms with Gasteiger partial charge in [-0.3, -0.25) is 0 Å². The average Bonchev–Trinajstić information content (AvgIpc) is 3.23. The van der Waals surface area contributed by atoms with E-state index in [0.717, 1.165) is 11.0 Å². The van der Waals surface area contributed by atoms with Crippen molar-refractivity contribution in [2.45, 2.75) is 0 Å². The molecular weight excluding hydrogens is 286 g/mol. The normalized spacial score (nSPS) is 10.8. The molecule has 4 rings (SSSR count). The van der Waals surface area contributed by atoms with Gasteiger partial charge in [-0.05, 0) is 23.6 Å². The Morgan fingerprint density at radius 2 is 2.10 bits per heavy atom. The van der Waals surface area contributed by atoms with Crippen molar-refractivity contribution in [2.75, 3.05) is 0 Å². The highest BCUT2D eigenvalue weighted by Gasteiger charge is 2.17. The number of nitriles is 1. The Morgan fingerprint density at radius 3 is 2.95 bits per heavy atom. The van der Waals surface area contributed by atoms with Crippen molar-refractivity contribution in [2.24, 2.45) is 0 Å². The number of thiophene rings is 1. The van der Waals surface area contributed by atoms with E-state index in [4.69, 9.17) is 14.2 Å². The van der Waals surface area contributed by atoms with E-state index in [9.17, 15) is 0 Å². The molecule has 0 N–H and O–H groups in total. The highest BCUT2D eigenvalue weighted by atomic mass is 32.1. The van der Waals surface area contributed by atoms with Crippen LogP contribution in [0.4, 0.5) is 0 Å². The molecule has 0 aliphatic carbocycles. The van der Waals surface area contributed by atoms with Gasteiger partial charge in [0.15, 0.2) is 5.76 Å². The van der Waals surface area contributed by atoms with E-state index in [1.54, 1.807) is 6.07 Å². The van der Waals surface area contributed by atoms with E-state index in [0.29, 0.717) is 27.9 Å². The third kappa shape index (κ3) is 1.91. The first-order valence-electron chi connectivity index (χ1n) is 6.16. The quantitative estimate of drug-likeness (QED) is 0.556. The van der Waals surface area contributed by atoms with Crippen LogP contribution < -0.4 is 0 Å². The number of benzene rings is 1. The molecule has 4 aromatic rings. The standard InChI is InChI=1S/C15H7N3O2S/c16-8-10-5-6-21-13(10)15-17-14(18-20-15)12-7-9-3-1-2-4-11(9)19-12/h1-7H. The van der Waals surface area contributed by atoms with Crippen molar-refractivity contribution >= 4 is 22.3 Å². The molecule has 0 radical (unpaired) electrons. The molecule has 0 atom stereocenters. The Morgan fingerprint density at radius 1 is 1.19 bits per heavy atom. The molecule has 100 valence electrons. The SMILES string of the molecule is N#Cc1ccsc1-c1nc(-c2cc3ccccc3o2)no1. The first-order chi connectivity index (χ1) is 10.3. The molecule has 0 aliphatic rings. The summed E-state index contributed by atoms with van der Waals surface area (Å²) >= 11 is 1.39. The molecule has 5 nitrogen and oxygen atoms in total. The van der Waals surface area contributed by atoms with Crippen LogP contribution in [0.15, 0.2) is 50.7 Å². The number of furan rings is 1. The second-order valence-electron chi connectivity index (χ2n) is 4.35. The summed E-state index contributed by atoms with van der Waals surface area (Å²) in [7, 11) is 0. The molecule has 0 saturated carbocycles. The maximum Gasteiger partial charge on any atom is 0.269 e. The van der Waals surface area contributed by atoms with E-state index in [-0.39, 0.29) is 0 Å². The number of fused-ring (bicyclic) bond motifs is 1. The van der Waals surface area contributed by atoms with Crippen LogP contribution in [0.25, 0.3) is 33.3 Å². The summed E-state index contributed by atoms with van der Waals surface area (Å²) < 4.78 is 10.9. The molecule has 0 aliphatic heterocycles. The first kappa shape index (κ1) is 11.9. The van der Waals surface area contributed by atoms with Crippen molar-refractivity contribution in [3.05, 3.63) is 47.3 Å². The van der Waals surface area contributed by atoms with Crippen LogP contribution in [-0.4, -0.2) is 10.1 Å². The molecular formula is C15H7N3O2S. The minimum Gasteiger partial charge on any atom is -0.453 e. The number of para-hydroxylation sites is 1. The Bertz CT molecular complexity index is 941. The average molecular weight is 293 g/mol. The zero-order valence-corrected chi connectivity index (χ0v) is 11.4. The maximum absolute atomic E-state index is 9.04. The fourth-order valence-corrected chi connectivity index (χ4v) is 2.84. The molecule has 0 fully saturated rings. The van der Waals surface area contributed by atoms with Crippen molar-refractivity contribution in [1.29, 1.82) is 5.26 Å². The Kier molecular flexibility index (Phi) is 2.59. The van der Waals surface area contributed by atoms with Gasteiger partial charge in [-0.1, -0.05) is 23.4 Å². The third-order valence-electron chi connectivity index (χ3n) is 3.05. The van der Waals surface area contributed by atoms with Gasteiger partial charge in [0.1, 0.15) is 16.5 Å².